The fraction of sp³-hybridized carbons (Fsp3) is 0.684. The molecule has 0 saturated carbocycles. The molecule has 0 amide bonds. The van der Waals surface area contributed by atoms with Gasteiger partial charge in [0.05, 0.1) is 6.61 Å². The van der Waals surface area contributed by atoms with Crippen molar-refractivity contribution >= 4 is 21.0 Å². The third kappa shape index (κ3) is 9.62. The van der Waals surface area contributed by atoms with Crippen molar-refractivity contribution < 1.29 is 31.2 Å². The third-order valence-corrected chi connectivity index (χ3v) is 7.43. The highest BCUT2D eigenvalue weighted by Crippen LogP contribution is 2.26. The smallest absolute Gasteiger partial charge is 0.367 e. The minimum Gasteiger partial charge on any atom is -0.743 e. The van der Waals surface area contributed by atoms with Gasteiger partial charge in [0.15, 0.2) is 16.3 Å². The predicted molar refractivity (Wildman–Crippen MR) is 108 cm³/mol. The summed E-state index contributed by atoms with van der Waals surface area (Å²) in [5.41, 5.74) is 3.04. The maximum atomic E-state index is 11.9. The van der Waals surface area contributed by atoms with E-state index in [2.05, 4.69) is 45.0 Å². The fourth-order valence-electron chi connectivity index (χ4n) is 2.20. The summed E-state index contributed by atoms with van der Waals surface area (Å²) in [5.74, 6) is 4.18. The first-order valence-electron chi connectivity index (χ1n) is 9.27. The van der Waals surface area contributed by atoms with Gasteiger partial charge in [-0.2, -0.15) is 8.78 Å². The highest BCUT2D eigenvalue weighted by Gasteiger charge is 2.46. The Morgan fingerprint density at radius 1 is 1.14 bits per heavy atom. The van der Waals surface area contributed by atoms with Crippen molar-refractivity contribution in [2.75, 3.05) is 18.1 Å². The van der Waals surface area contributed by atoms with E-state index in [1.165, 1.54) is 48.5 Å². The lowest BCUT2D eigenvalue weighted by Crippen LogP contribution is -2.40. The first-order chi connectivity index (χ1) is 13.0. The molecule has 4 nitrogen and oxygen atoms in total. The molecule has 28 heavy (non-hydrogen) atoms. The zero-order valence-corrected chi connectivity index (χ0v) is 18.3. The van der Waals surface area contributed by atoms with Crippen molar-refractivity contribution in [1.82, 2.24) is 0 Å². The van der Waals surface area contributed by atoms with Crippen LogP contribution in [0.2, 0.25) is 0 Å². The quantitative estimate of drug-likeness (QED) is 0.411. The van der Waals surface area contributed by atoms with E-state index < -0.39 is 28.2 Å². The van der Waals surface area contributed by atoms with Crippen LogP contribution in [0.5, 0.6) is 0 Å². The standard InChI is InChI=1S/C16H27S.C3H5F3O4S/c1-4-6-12-17(13-7-5-2)14-16-11-9-8-10-15(16)3;4-2(1-7)3(5,6)11(8,9)10/h8-11H,4-7,12-14H2,1-3H3;2,7H,1H2,(H,8,9,10)/q+1;/p-1. The van der Waals surface area contributed by atoms with Crippen LogP contribution in [0.25, 0.3) is 0 Å². The second-order valence-corrected chi connectivity index (χ2v) is 10.2. The molecule has 9 heteroatoms. The number of halogens is 3. The molecule has 1 aromatic rings. The lowest BCUT2D eigenvalue weighted by molar-refractivity contribution is -0.0273. The largest absolute Gasteiger partial charge is 0.743 e. The molecule has 1 rings (SSSR count). The van der Waals surface area contributed by atoms with Gasteiger partial charge in [-0.15, -0.1) is 0 Å². The minimum atomic E-state index is -6.03. The Balaban J connectivity index is 0.000000576. The summed E-state index contributed by atoms with van der Waals surface area (Å²) >= 11 is 0. The van der Waals surface area contributed by atoms with Crippen molar-refractivity contribution in [3.8, 4) is 0 Å². The van der Waals surface area contributed by atoms with Crippen LogP contribution in [0.15, 0.2) is 24.3 Å². The summed E-state index contributed by atoms with van der Waals surface area (Å²) in [6, 6.07) is 8.89. The van der Waals surface area contributed by atoms with Gasteiger partial charge in [-0.25, -0.2) is 12.8 Å². The number of alkyl halides is 3. The van der Waals surface area contributed by atoms with Crippen LogP contribution in [-0.2, 0) is 26.8 Å². The molecule has 0 aliphatic heterocycles. The first-order valence-corrected chi connectivity index (χ1v) is 12.4. The highest BCUT2D eigenvalue weighted by molar-refractivity contribution is 7.96. The number of aliphatic hydroxyl groups excluding tert-OH is 1. The Hall–Kier alpha value is -0.770. The number of rotatable bonds is 11. The summed E-state index contributed by atoms with van der Waals surface area (Å²) in [5, 5.41) is 2.72. The van der Waals surface area contributed by atoms with Crippen LogP contribution in [-0.4, -0.2) is 47.6 Å². The van der Waals surface area contributed by atoms with Crippen LogP contribution in [0, 0.1) is 6.92 Å². The second kappa shape index (κ2) is 13.5. The van der Waals surface area contributed by atoms with Crippen molar-refractivity contribution in [3.05, 3.63) is 35.4 Å². The van der Waals surface area contributed by atoms with Gasteiger partial charge in [0.1, 0.15) is 17.3 Å². The van der Waals surface area contributed by atoms with Crippen molar-refractivity contribution in [3.63, 3.8) is 0 Å². The van der Waals surface area contributed by atoms with Gasteiger partial charge in [-0.1, -0.05) is 51.0 Å². The van der Waals surface area contributed by atoms with E-state index in [1.54, 1.807) is 5.56 Å². The summed E-state index contributed by atoms with van der Waals surface area (Å²) < 4.78 is 64.4. The Kier molecular flexibility index (Phi) is 13.1. The molecule has 0 aromatic heterocycles. The third-order valence-electron chi connectivity index (χ3n) is 4.05. The molecule has 1 atom stereocenters. The fourth-order valence-corrected chi connectivity index (χ4v) is 5.24. The molecule has 0 fully saturated rings. The maximum Gasteiger partial charge on any atom is 0.367 e. The van der Waals surface area contributed by atoms with E-state index in [0.717, 1.165) is 0 Å². The van der Waals surface area contributed by atoms with E-state index >= 15 is 0 Å². The number of hydrogen-bond donors (Lipinski definition) is 1. The van der Waals surface area contributed by atoms with E-state index in [1.807, 2.05) is 0 Å². The summed E-state index contributed by atoms with van der Waals surface area (Å²) in [7, 11) is -5.42. The average Bonchev–Trinajstić information content (AvgIpc) is 2.64. The summed E-state index contributed by atoms with van der Waals surface area (Å²) in [6.07, 6.45) is 2.11. The molecule has 164 valence electrons. The average molecular weight is 445 g/mol. The van der Waals surface area contributed by atoms with Crippen LogP contribution in [0.4, 0.5) is 13.2 Å². The monoisotopic (exact) mass is 444 g/mol. The Morgan fingerprint density at radius 2 is 1.64 bits per heavy atom. The van der Waals surface area contributed by atoms with Crippen LogP contribution in [0.1, 0.15) is 50.7 Å². The molecule has 1 N–H and O–H groups in total. The number of aryl methyl sites for hydroxylation is 1. The molecule has 0 heterocycles. The number of benzene rings is 1. The van der Waals surface area contributed by atoms with Gasteiger partial charge in [-0.05, 0) is 36.2 Å². The zero-order valence-electron chi connectivity index (χ0n) is 16.7. The molecule has 1 aromatic carbocycles. The lowest BCUT2D eigenvalue weighted by atomic mass is 10.1. The highest BCUT2D eigenvalue weighted by atomic mass is 32.2. The van der Waals surface area contributed by atoms with Crippen LogP contribution < -0.4 is 0 Å². The molecule has 1 unspecified atom stereocenters. The number of hydrogen-bond acceptors (Lipinski definition) is 4. The molecule has 0 spiro atoms. The molecule has 0 saturated heterocycles. The maximum absolute atomic E-state index is 11.9. The van der Waals surface area contributed by atoms with E-state index in [0.29, 0.717) is 10.9 Å². The van der Waals surface area contributed by atoms with Gasteiger partial charge < -0.3 is 9.66 Å². The van der Waals surface area contributed by atoms with Gasteiger partial charge >= 0.3 is 5.25 Å². The second-order valence-electron chi connectivity index (χ2n) is 6.46. The minimum absolute atomic E-state index is 0.615. The normalized spacial score (nSPS) is 13.2. The summed E-state index contributed by atoms with van der Waals surface area (Å²) in [4.78, 5) is 0. The lowest BCUT2D eigenvalue weighted by Gasteiger charge is -2.21. The van der Waals surface area contributed by atoms with Crippen molar-refractivity contribution in [2.24, 2.45) is 0 Å². The molecular weight excluding hydrogens is 413 g/mol. The molecule has 0 bridgehead atoms. The molecular formula is C19H31F3O4S2. The molecule has 0 radical (unpaired) electrons. The number of aliphatic hydroxyl groups is 1. The molecule has 0 aliphatic carbocycles. The summed E-state index contributed by atoms with van der Waals surface area (Å²) in [6.45, 7) is 5.13. The number of unbranched alkanes of at least 4 members (excludes halogenated alkanes) is 2. The van der Waals surface area contributed by atoms with Crippen LogP contribution >= 0.6 is 0 Å². The van der Waals surface area contributed by atoms with E-state index in [9.17, 15) is 26.1 Å². The Morgan fingerprint density at radius 3 is 2.00 bits per heavy atom. The van der Waals surface area contributed by atoms with E-state index in [-0.39, 0.29) is 0 Å². The Bertz CT molecular complexity index is 646. The van der Waals surface area contributed by atoms with Gasteiger partial charge in [0.25, 0.3) is 0 Å². The van der Waals surface area contributed by atoms with Gasteiger partial charge in [0.2, 0.25) is 0 Å². The topological polar surface area (TPSA) is 77.4 Å². The Labute approximate surface area is 169 Å². The van der Waals surface area contributed by atoms with Crippen molar-refractivity contribution in [2.45, 2.75) is 63.6 Å². The van der Waals surface area contributed by atoms with Crippen LogP contribution in [0.3, 0.4) is 0 Å². The van der Waals surface area contributed by atoms with E-state index in [4.69, 9.17) is 5.11 Å². The van der Waals surface area contributed by atoms with Crippen molar-refractivity contribution in [1.29, 1.82) is 0 Å². The first kappa shape index (κ1) is 27.2. The molecule has 0 aliphatic rings. The van der Waals surface area contributed by atoms with Gasteiger partial charge in [-0.3, -0.25) is 0 Å². The predicted octanol–water partition coefficient (Wildman–Crippen LogP) is 4.17. The zero-order chi connectivity index (χ0) is 21.8. The van der Waals surface area contributed by atoms with Gasteiger partial charge in [0, 0.05) is 5.56 Å². The SMILES string of the molecule is CCCC[S+](CCCC)Cc1ccccc1C.O=S(=O)([O-])C(F)(F)C(F)CO.